The van der Waals surface area contributed by atoms with E-state index in [0.29, 0.717) is 17.9 Å². The van der Waals surface area contributed by atoms with Crippen LogP contribution in [-0.4, -0.2) is 18.7 Å². The fraction of sp³-hybridized carbons (Fsp3) is 0.529. The Balaban J connectivity index is 2.18. The van der Waals surface area contributed by atoms with Crippen molar-refractivity contribution in [3.8, 4) is 0 Å². The molecule has 116 valence electrons. The predicted octanol–water partition coefficient (Wildman–Crippen LogP) is 4.62. The van der Waals surface area contributed by atoms with Crippen molar-refractivity contribution in [2.24, 2.45) is 0 Å². The van der Waals surface area contributed by atoms with Gasteiger partial charge in [0.05, 0.1) is 0 Å². The summed E-state index contributed by atoms with van der Waals surface area (Å²) >= 11 is 5.83. The van der Waals surface area contributed by atoms with Crippen LogP contribution in [0.1, 0.15) is 51.9 Å². The number of rotatable bonds is 9. The number of benzene rings is 1. The van der Waals surface area contributed by atoms with Gasteiger partial charge in [0.15, 0.2) is 0 Å². The molecule has 4 heteroatoms. The highest BCUT2D eigenvalue weighted by molar-refractivity contribution is 6.30. The van der Waals surface area contributed by atoms with Gasteiger partial charge in [-0.15, -0.1) is 0 Å². The molecule has 1 rings (SSSR count). The zero-order chi connectivity index (χ0) is 15.7. The molecule has 21 heavy (non-hydrogen) atoms. The van der Waals surface area contributed by atoms with Gasteiger partial charge in [0.25, 0.3) is 0 Å². The number of ketones is 1. The summed E-state index contributed by atoms with van der Waals surface area (Å²) in [4.78, 5) is 24.5. The average Bonchev–Trinajstić information content (AvgIpc) is 2.45. The number of carbonyl (C=O) groups excluding carboxylic acids is 2. The lowest BCUT2D eigenvalue weighted by Crippen LogP contribution is -2.25. The molecule has 0 atom stereocenters. The number of carbonyl (C=O) groups is 2. The summed E-state index contributed by atoms with van der Waals surface area (Å²) in [5.74, 6) is 0.385. The molecule has 0 unspecified atom stereocenters. The van der Waals surface area contributed by atoms with E-state index in [9.17, 15) is 9.59 Å². The Labute approximate surface area is 132 Å². The minimum Gasteiger partial charge on any atom is -0.316 e. The Hall–Kier alpha value is -1.35. The molecule has 0 aliphatic carbocycles. The monoisotopic (exact) mass is 309 g/mol. The smallest absolute Gasteiger partial charge is 0.226 e. The normalized spacial score (nSPS) is 10.4. The molecule has 0 fully saturated rings. The maximum absolute atomic E-state index is 12.1. The van der Waals surface area contributed by atoms with Crippen LogP contribution in [0.3, 0.4) is 0 Å². The van der Waals surface area contributed by atoms with Crippen molar-refractivity contribution < 1.29 is 9.59 Å². The Kier molecular flexibility index (Phi) is 8.06. The third-order valence-electron chi connectivity index (χ3n) is 3.51. The minimum atomic E-state index is 0.126. The van der Waals surface area contributed by atoms with E-state index >= 15 is 0 Å². The number of unbranched alkanes of at least 4 members (excludes halogenated alkanes) is 4. The second-order valence-corrected chi connectivity index (χ2v) is 5.84. The first kappa shape index (κ1) is 17.7. The number of amides is 1. The van der Waals surface area contributed by atoms with E-state index in [2.05, 4.69) is 0 Å². The Bertz CT molecular complexity index is 456. The van der Waals surface area contributed by atoms with Crippen LogP contribution >= 0.6 is 11.6 Å². The van der Waals surface area contributed by atoms with Crippen molar-refractivity contribution in [3.63, 3.8) is 0 Å². The molecule has 0 saturated heterocycles. The number of hydrogen-bond acceptors (Lipinski definition) is 2. The van der Waals surface area contributed by atoms with Gasteiger partial charge in [-0.1, -0.05) is 30.9 Å². The van der Waals surface area contributed by atoms with Crippen molar-refractivity contribution in [3.05, 3.63) is 29.3 Å². The van der Waals surface area contributed by atoms with E-state index in [-0.39, 0.29) is 11.7 Å². The molecular formula is C17H24ClNO2. The summed E-state index contributed by atoms with van der Waals surface area (Å²) < 4.78 is 0. The lowest BCUT2D eigenvalue weighted by atomic mass is 10.1. The molecule has 1 amide bonds. The number of halogens is 1. The number of nitrogens with zero attached hydrogens (tertiary/aromatic N) is 1. The quantitative estimate of drug-likeness (QED) is 0.624. The summed E-state index contributed by atoms with van der Waals surface area (Å²) in [5.41, 5.74) is 0.867. The van der Waals surface area contributed by atoms with E-state index in [0.717, 1.165) is 37.8 Å². The van der Waals surface area contributed by atoms with Crippen LogP contribution in [0.15, 0.2) is 24.3 Å². The molecule has 1 aromatic carbocycles. The molecule has 0 aliphatic heterocycles. The first-order chi connectivity index (χ1) is 10.0. The van der Waals surface area contributed by atoms with Crippen molar-refractivity contribution in [1.29, 1.82) is 0 Å². The van der Waals surface area contributed by atoms with E-state index in [1.807, 2.05) is 12.1 Å². The summed E-state index contributed by atoms with van der Waals surface area (Å²) in [7, 11) is 1.79. The molecule has 0 bridgehead atoms. The molecule has 3 nitrogen and oxygen atoms in total. The lowest BCUT2D eigenvalue weighted by Gasteiger charge is -2.17. The maximum atomic E-state index is 12.1. The van der Waals surface area contributed by atoms with Gasteiger partial charge in [-0.25, -0.2) is 0 Å². The summed E-state index contributed by atoms with van der Waals surface area (Å²) in [6, 6.07) is 7.27. The molecule has 1 aromatic rings. The highest BCUT2D eigenvalue weighted by atomic mass is 35.5. The molecule has 0 radical (unpaired) electrons. The number of hydrogen-bond donors (Lipinski definition) is 0. The van der Waals surface area contributed by atoms with Crippen LogP contribution < -0.4 is 4.90 Å². The largest absolute Gasteiger partial charge is 0.316 e. The van der Waals surface area contributed by atoms with Crippen LogP contribution in [0.5, 0.6) is 0 Å². The van der Waals surface area contributed by atoms with Gasteiger partial charge in [0.2, 0.25) is 5.91 Å². The summed E-state index contributed by atoms with van der Waals surface area (Å²) in [6.07, 6.45) is 6.30. The second-order valence-electron chi connectivity index (χ2n) is 5.40. The van der Waals surface area contributed by atoms with Gasteiger partial charge >= 0.3 is 0 Å². The van der Waals surface area contributed by atoms with Gasteiger partial charge in [0, 0.05) is 30.6 Å². The second kappa shape index (κ2) is 9.56. The highest BCUT2D eigenvalue weighted by Gasteiger charge is 2.10. The molecule has 0 saturated carbocycles. The van der Waals surface area contributed by atoms with Crippen LogP contribution in [-0.2, 0) is 9.59 Å². The minimum absolute atomic E-state index is 0.126. The highest BCUT2D eigenvalue weighted by Crippen LogP contribution is 2.18. The van der Waals surface area contributed by atoms with Crippen LogP contribution in [0.4, 0.5) is 5.69 Å². The van der Waals surface area contributed by atoms with Crippen molar-refractivity contribution in [1.82, 2.24) is 0 Å². The van der Waals surface area contributed by atoms with Crippen molar-refractivity contribution in [2.45, 2.75) is 51.9 Å². The average molecular weight is 310 g/mol. The predicted molar refractivity (Wildman–Crippen MR) is 87.9 cm³/mol. The van der Waals surface area contributed by atoms with Gasteiger partial charge in [0.1, 0.15) is 5.78 Å². The molecule has 0 aromatic heterocycles. The molecule has 0 aliphatic rings. The number of anilines is 1. The Morgan fingerprint density at radius 1 is 0.952 bits per heavy atom. The van der Waals surface area contributed by atoms with Crippen LogP contribution in [0.2, 0.25) is 5.02 Å². The van der Waals surface area contributed by atoms with Gasteiger partial charge in [-0.05, 0) is 44.0 Å². The zero-order valence-electron chi connectivity index (χ0n) is 12.9. The Morgan fingerprint density at radius 2 is 1.48 bits per heavy atom. The third-order valence-corrected chi connectivity index (χ3v) is 3.76. The van der Waals surface area contributed by atoms with Crippen LogP contribution in [0.25, 0.3) is 0 Å². The van der Waals surface area contributed by atoms with E-state index in [1.165, 1.54) is 0 Å². The molecule has 0 N–H and O–H groups in total. The number of Topliss-reactive ketones (excluding diaryl/α,β-unsaturated/α-hetero) is 1. The fourth-order valence-electron chi connectivity index (χ4n) is 2.16. The summed E-state index contributed by atoms with van der Waals surface area (Å²) in [5, 5.41) is 0.671. The topological polar surface area (TPSA) is 37.4 Å². The first-order valence-corrected chi connectivity index (χ1v) is 7.90. The SMILES string of the molecule is CC(=O)CCCCCCCC(=O)N(C)c1ccc(Cl)cc1. The van der Waals surface area contributed by atoms with E-state index in [4.69, 9.17) is 11.6 Å². The summed E-state index contributed by atoms with van der Waals surface area (Å²) in [6.45, 7) is 1.63. The molecular weight excluding hydrogens is 286 g/mol. The zero-order valence-corrected chi connectivity index (χ0v) is 13.7. The standard InChI is InChI=1S/C17H24ClNO2/c1-14(20)8-6-4-3-5-7-9-17(21)19(2)16-12-10-15(18)11-13-16/h10-13H,3-9H2,1-2H3. The fourth-order valence-corrected chi connectivity index (χ4v) is 2.28. The van der Waals surface area contributed by atoms with Gasteiger partial charge in [-0.2, -0.15) is 0 Å². The van der Waals surface area contributed by atoms with Crippen molar-refractivity contribution >= 4 is 29.0 Å². The van der Waals surface area contributed by atoms with E-state index in [1.54, 1.807) is 31.0 Å². The van der Waals surface area contributed by atoms with Gasteiger partial charge in [-0.3, -0.25) is 4.79 Å². The first-order valence-electron chi connectivity index (χ1n) is 7.52. The van der Waals surface area contributed by atoms with Crippen LogP contribution in [0, 0.1) is 0 Å². The Morgan fingerprint density at radius 3 is 2.05 bits per heavy atom. The van der Waals surface area contributed by atoms with E-state index < -0.39 is 0 Å². The third kappa shape index (κ3) is 7.28. The molecule has 0 spiro atoms. The lowest BCUT2D eigenvalue weighted by molar-refractivity contribution is -0.118. The van der Waals surface area contributed by atoms with Crippen molar-refractivity contribution in [2.75, 3.05) is 11.9 Å². The maximum Gasteiger partial charge on any atom is 0.226 e. The van der Waals surface area contributed by atoms with Gasteiger partial charge < -0.3 is 9.69 Å². The molecule has 0 heterocycles.